The summed E-state index contributed by atoms with van der Waals surface area (Å²) in [6.07, 6.45) is 8.52. The minimum atomic E-state index is 0.378. The average Bonchev–Trinajstić information content (AvgIpc) is 2.84. The number of nitrogens with zero attached hydrogens (tertiary/aromatic N) is 2. The Balaban J connectivity index is 2.53. The summed E-state index contributed by atoms with van der Waals surface area (Å²) in [5.74, 6) is 0. The molecule has 0 amide bonds. The molecule has 1 N–H and O–H groups in total. The van der Waals surface area contributed by atoms with Crippen LogP contribution in [0, 0.1) is 0 Å². The second kappa shape index (κ2) is 7.19. The van der Waals surface area contributed by atoms with Gasteiger partial charge in [-0.25, -0.2) is 4.98 Å². The highest BCUT2D eigenvalue weighted by Gasteiger charge is 2.24. The number of thioether (sulfide) groups is 1. The fourth-order valence-electron chi connectivity index (χ4n) is 2.21. The molecular formula is C14H27N3S. The van der Waals surface area contributed by atoms with Crippen LogP contribution in [0.15, 0.2) is 12.5 Å². The summed E-state index contributed by atoms with van der Waals surface area (Å²) in [4.78, 5) is 4.24. The Kier molecular flexibility index (Phi) is 6.22. The van der Waals surface area contributed by atoms with Gasteiger partial charge in [-0.15, -0.1) is 0 Å². The molecule has 1 rings (SSSR count). The van der Waals surface area contributed by atoms with E-state index in [2.05, 4.69) is 48.8 Å². The summed E-state index contributed by atoms with van der Waals surface area (Å²) < 4.78 is 2.61. The Morgan fingerprint density at radius 3 is 2.56 bits per heavy atom. The molecule has 0 aliphatic carbocycles. The Morgan fingerprint density at radius 1 is 1.39 bits per heavy atom. The number of hydrogen-bond acceptors (Lipinski definition) is 3. The van der Waals surface area contributed by atoms with Crippen LogP contribution in [0.25, 0.3) is 0 Å². The summed E-state index contributed by atoms with van der Waals surface area (Å²) in [6, 6.07) is 0.479. The lowest BCUT2D eigenvalue weighted by Crippen LogP contribution is -2.36. The molecule has 0 unspecified atom stereocenters. The van der Waals surface area contributed by atoms with E-state index in [9.17, 15) is 0 Å². The van der Waals surface area contributed by atoms with Gasteiger partial charge in [0.15, 0.2) is 0 Å². The summed E-state index contributed by atoms with van der Waals surface area (Å²) in [6.45, 7) is 10.9. The molecule has 104 valence electrons. The Labute approximate surface area is 116 Å². The average molecular weight is 269 g/mol. The Morgan fingerprint density at radius 2 is 2.06 bits per heavy atom. The number of hydrogen-bond donors (Lipinski definition) is 1. The third-order valence-electron chi connectivity index (χ3n) is 3.78. The first-order valence-corrected chi connectivity index (χ1v) is 8.07. The summed E-state index contributed by atoms with van der Waals surface area (Å²) in [5, 5.41) is 3.60. The first-order valence-electron chi connectivity index (χ1n) is 6.85. The van der Waals surface area contributed by atoms with Gasteiger partial charge in [-0.2, -0.15) is 11.8 Å². The van der Waals surface area contributed by atoms with E-state index in [1.807, 2.05) is 24.3 Å². The highest BCUT2D eigenvalue weighted by molar-refractivity contribution is 8.00. The van der Waals surface area contributed by atoms with Gasteiger partial charge in [-0.05, 0) is 32.9 Å². The van der Waals surface area contributed by atoms with Crippen molar-refractivity contribution in [2.24, 2.45) is 0 Å². The van der Waals surface area contributed by atoms with Gasteiger partial charge in [0.05, 0.1) is 12.0 Å². The number of rotatable bonds is 8. The van der Waals surface area contributed by atoms with Crippen molar-refractivity contribution >= 4 is 11.8 Å². The molecule has 4 heteroatoms. The summed E-state index contributed by atoms with van der Waals surface area (Å²) in [7, 11) is 0. The normalized spacial score (nSPS) is 12.3. The van der Waals surface area contributed by atoms with Gasteiger partial charge in [-0.3, -0.25) is 0 Å². The van der Waals surface area contributed by atoms with Crippen LogP contribution in [0.2, 0.25) is 0 Å². The van der Waals surface area contributed by atoms with Crippen molar-refractivity contribution < 1.29 is 0 Å². The highest BCUT2D eigenvalue weighted by Crippen LogP contribution is 2.29. The predicted molar refractivity (Wildman–Crippen MR) is 81.1 cm³/mol. The van der Waals surface area contributed by atoms with E-state index in [0.29, 0.717) is 10.8 Å². The van der Waals surface area contributed by atoms with Crippen LogP contribution in [0.1, 0.15) is 52.3 Å². The standard InChI is InChI=1S/C14H27N3S/c1-6-14(7-2,18-5)10-15-8-13-9-16-11-17(13)12(3)4/h9,11-12,15H,6-8,10H2,1-5H3. The molecule has 1 aromatic rings. The van der Waals surface area contributed by atoms with E-state index in [1.54, 1.807) is 0 Å². The quantitative estimate of drug-likeness (QED) is 0.783. The molecule has 1 aromatic heterocycles. The molecule has 0 radical (unpaired) electrons. The van der Waals surface area contributed by atoms with Crippen LogP contribution >= 0.6 is 11.8 Å². The predicted octanol–water partition coefficient (Wildman–Crippen LogP) is 3.48. The molecular weight excluding hydrogens is 242 g/mol. The Bertz CT molecular complexity index is 334. The second-order valence-electron chi connectivity index (χ2n) is 5.08. The van der Waals surface area contributed by atoms with Gasteiger partial charge in [0.2, 0.25) is 0 Å². The van der Waals surface area contributed by atoms with Crippen molar-refractivity contribution in [1.29, 1.82) is 0 Å². The van der Waals surface area contributed by atoms with E-state index < -0.39 is 0 Å². The largest absolute Gasteiger partial charge is 0.331 e. The lowest BCUT2D eigenvalue weighted by Gasteiger charge is -2.30. The third-order valence-corrected chi connectivity index (χ3v) is 5.37. The molecule has 0 atom stereocenters. The smallest absolute Gasteiger partial charge is 0.0951 e. The van der Waals surface area contributed by atoms with E-state index in [0.717, 1.165) is 13.1 Å². The first-order chi connectivity index (χ1) is 8.58. The van der Waals surface area contributed by atoms with Crippen LogP contribution in [0.4, 0.5) is 0 Å². The fourth-order valence-corrected chi connectivity index (χ4v) is 3.04. The third kappa shape index (κ3) is 3.75. The van der Waals surface area contributed by atoms with Crippen molar-refractivity contribution in [3.8, 4) is 0 Å². The monoisotopic (exact) mass is 269 g/mol. The van der Waals surface area contributed by atoms with Gasteiger partial charge in [-0.1, -0.05) is 13.8 Å². The molecule has 0 aliphatic rings. The molecule has 0 aromatic carbocycles. The maximum atomic E-state index is 4.24. The van der Waals surface area contributed by atoms with Crippen molar-refractivity contribution in [2.75, 3.05) is 12.8 Å². The second-order valence-corrected chi connectivity index (χ2v) is 6.36. The van der Waals surface area contributed by atoms with E-state index in [1.165, 1.54) is 18.5 Å². The van der Waals surface area contributed by atoms with E-state index in [-0.39, 0.29) is 0 Å². The van der Waals surface area contributed by atoms with Crippen molar-refractivity contribution in [3.63, 3.8) is 0 Å². The van der Waals surface area contributed by atoms with Crippen LogP contribution in [0.3, 0.4) is 0 Å². The minimum absolute atomic E-state index is 0.378. The van der Waals surface area contributed by atoms with Gasteiger partial charge < -0.3 is 9.88 Å². The van der Waals surface area contributed by atoms with Gasteiger partial charge in [0, 0.05) is 30.1 Å². The van der Waals surface area contributed by atoms with Crippen molar-refractivity contribution in [1.82, 2.24) is 14.9 Å². The molecule has 0 aliphatic heterocycles. The summed E-state index contributed by atoms with van der Waals surface area (Å²) in [5.41, 5.74) is 1.27. The van der Waals surface area contributed by atoms with Crippen molar-refractivity contribution in [2.45, 2.75) is 57.9 Å². The SMILES string of the molecule is CCC(CC)(CNCc1cncn1C(C)C)SC. The zero-order chi connectivity index (χ0) is 13.6. The molecule has 0 saturated carbocycles. The maximum absolute atomic E-state index is 4.24. The van der Waals surface area contributed by atoms with Gasteiger partial charge >= 0.3 is 0 Å². The molecule has 0 spiro atoms. The first kappa shape index (κ1) is 15.6. The highest BCUT2D eigenvalue weighted by atomic mass is 32.2. The van der Waals surface area contributed by atoms with Crippen LogP contribution in [0.5, 0.6) is 0 Å². The molecule has 1 heterocycles. The van der Waals surface area contributed by atoms with Gasteiger partial charge in [0.1, 0.15) is 0 Å². The fraction of sp³-hybridized carbons (Fsp3) is 0.786. The van der Waals surface area contributed by atoms with Crippen LogP contribution < -0.4 is 5.32 Å². The number of aromatic nitrogens is 2. The number of nitrogens with one attached hydrogen (secondary N) is 1. The molecule has 0 saturated heterocycles. The van der Waals surface area contributed by atoms with E-state index >= 15 is 0 Å². The van der Waals surface area contributed by atoms with Crippen LogP contribution in [-0.2, 0) is 6.54 Å². The Hall–Kier alpha value is -0.480. The van der Waals surface area contributed by atoms with E-state index in [4.69, 9.17) is 0 Å². The molecule has 0 bridgehead atoms. The van der Waals surface area contributed by atoms with Crippen LogP contribution in [-0.4, -0.2) is 27.1 Å². The van der Waals surface area contributed by atoms with Crippen molar-refractivity contribution in [3.05, 3.63) is 18.2 Å². The molecule has 18 heavy (non-hydrogen) atoms. The lowest BCUT2D eigenvalue weighted by atomic mass is 10.0. The molecule has 3 nitrogen and oxygen atoms in total. The zero-order valence-electron chi connectivity index (χ0n) is 12.4. The summed E-state index contributed by atoms with van der Waals surface area (Å²) >= 11 is 1.98. The topological polar surface area (TPSA) is 29.9 Å². The lowest BCUT2D eigenvalue weighted by molar-refractivity contribution is 0.480. The minimum Gasteiger partial charge on any atom is -0.331 e. The number of imidazole rings is 1. The maximum Gasteiger partial charge on any atom is 0.0951 e. The molecule has 0 fully saturated rings. The zero-order valence-corrected chi connectivity index (χ0v) is 13.2. The van der Waals surface area contributed by atoms with Gasteiger partial charge in [0.25, 0.3) is 0 Å².